The molecular formula is C19H20N4O. The van der Waals surface area contributed by atoms with Gasteiger partial charge in [0.1, 0.15) is 5.82 Å². The zero-order valence-electron chi connectivity index (χ0n) is 13.6. The van der Waals surface area contributed by atoms with Gasteiger partial charge in [-0.15, -0.1) is 0 Å². The van der Waals surface area contributed by atoms with Gasteiger partial charge in [-0.3, -0.25) is 4.79 Å². The minimum atomic E-state index is 0.0617. The number of H-pyrrole nitrogens is 1. The number of aryl methyl sites for hydroxylation is 1. The third-order valence-electron chi connectivity index (χ3n) is 4.54. The quantitative estimate of drug-likeness (QED) is 0.763. The van der Waals surface area contributed by atoms with Gasteiger partial charge in [0.05, 0.1) is 17.1 Å². The van der Waals surface area contributed by atoms with Gasteiger partial charge in [0.2, 0.25) is 0 Å². The molecule has 1 aromatic heterocycles. The van der Waals surface area contributed by atoms with Gasteiger partial charge in [-0.25, -0.2) is 4.98 Å². The van der Waals surface area contributed by atoms with Gasteiger partial charge in [0.25, 0.3) is 5.91 Å². The second kappa shape index (κ2) is 6.09. The number of imidazole rings is 1. The number of fused-ring (bicyclic) bond motifs is 1. The molecule has 4 rings (SSSR count). The van der Waals surface area contributed by atoms with Crippen molar-refractivity contribution in [2.75, 3.05) is 19.6 Å². The third-order valence-corrected chi connectivity index (χ3v) is 4.54. The molecule has 2 aromatic carbocycles. The predicted molar refractivity (Wildman–Crippen MR) is 93.9 cm³/mol. The summed E-state index contributed by atoms with van der Waals surface area (Å²) in [4.78, 5) is 22.7. The SMILES string of the molecule is Cc1nc2ccc(C(=O)N3CCNC[C@H]3c3ccccc3)cc2[nH]1. The lowest BCUT2D eigenvalue weighted by Crippen LogP contribution is -2.48. The second-order valence-electron chi connectivity index (χ2n) is 6.18. The summed E-state index contributed by atoms with van der Waals surface area (Å²) in [5.74, 6) is 0.929. The summed E-state index contributed by atoms with van der Waals surface area (Å²) in [5.41, 5.74) is 3.67. The van der Waals surface area contributed by atoms with Crippen LogP contribution in [0, 0.1) is 6.92 Å². The number of carbonyl (C=O) groups is 1. The molecule has 0 aliphatic carbocycles. The zero-order valence-corrected chi connectivity index (χ0v) is 13.6. The lowest BCUT2D eigenvalue weighted by atomic mass is 10.0. The van der Waals surface area contributed by atoms with Crippen LogP contribution < -0.4 is 5.32 Å². The number of aromatic amines is 1. The van der Waals surface area contributed by atoms with Gasteiger partial charge in [-0.2, -0.15) is 0 Å². The Bertz CT molecular complexity index is 871. The summed E-state index contributed by atoms with van der Waals surface area (Å²) in [5, 5.41) is 3.39. The van der Waals surface area contributed by atoms with Crippen molar-refractivity contribution in [2.24, 2.45) is 0 Å². The fraction of sp³-hybridized carbons (Fsp3) is 0.263. The summed E-state index contributed by atoms with van der Waals surface area (Å²) in [6.45, 7) is 4.23. The maximum atomic E-state index is 13.1. The fourth-order valence-corrected chi connectivity index (χ4v) is 3.36. The Morgan fingerprint density at radius 2 is 2.04 bits per heavy atom. The lowest BCUT2D eigenvalue weighted by molar-refractivity contribution is 0.0634. The Hall–Kier alpha value is -2.66. The van der Waals surface area contributed by atoms with E-state index in [0.717, 1.165) is 35.5 Å². The Kier molecular flexibility index (Phi) is 3.78. The Morgan fingerprint density at radius 3 is 2.88 bits per heavy atom. The topological polar surface area (TPSA) is 61.0 Å². The first kappa shape index (κ1) is 14.9. The zero-order chi connectivity index (χ0) is 16.5. The molecule has 1 fully saturated rings. The number of benzene rings is 2. The highest BCUT2D eigenvalue weighted by Gasteiger charge is 2.28. The van der Waals surface area contributed by atoms with E-state index in [1.807, 2.05) is 48.2 Å². The number of hydrogen-bond acceptors (Lipinski definition) is 3. The van der Waals surface area contributed by atoms with Crippen LogP contribution in [-0.2, 0) is 0 Å². The molecule has 1 saturated heterocycles. The minimum Gasteiger partial charge on any atom is -0.342 e. The molecule has 3 aromatic rings. The molecule has 24 heavy (non-hydrogen) atoms. The number of amides is 1. The van der Waals surface area contributed by atoms with E-state index in [0.29, 0.717) is 12.1 Å². The number of aromatic nitrogens is 2. The van der Waals surface area contributed by atoms with E-state index in [1.165, 1.54) is 0 Å². The van der Waals surface area contributed by atoms with Crippen molar-refractivity contribution in [3.63, 3.8) is 0 Å². The third kappa shape index (κ3) is 2.67. The van der Waals surface area contributed by atoms with Crippen molar-refractivity contribution >= 4 is 16.9 Å². The second-order valence-corrected chi connectivity index (χ2v) is 6.18. The van der Waals surface area contributed by atoms with Crippen LogP contribution in [0.15, 0.2) is 48.5 Å². The molecule has 5 nitrogen and oxygen atoms in total. The van der Waals surface area contributed by atoms with Crippen LogP contribution >= 0.6 is 0 Å². The average molecular weight is 320 g/mol. The van der Waals surface area contributed by atoms with E-state index in [2.05, 4.69) is 27.4 Å². The molecule has 1 amide bonds. The number of hydrogen-bond donors (Lipinski definition) is 2. The first-order chi connectivity index (χ1) is 11.7. The summed E-state index contributed by atoms with van der Waals surface area (Å²) < 4.78 is 0. The summed E-state index contributed by atoms with van der Waals surface area (Å²) in [6.07, 6.45) is 0. The molecular weight excluding hydrogens is 300 g/mol. The molecule has 0 bridgehead atoms. The van der Waals surface area contributed by atoms with Crippen LogP contribution in [0.2, 0.25) is 0 Å². The molecule has 2 heterocycles. The van der Waals surface area contributed by atoms with Crippen LogP contribution in [0.1, 0.15) is 27.8 Å². The van der Waals surface area contributed by atoms with E-state index < -0.39 is 0 Å². The number of piperazine rings is 1. The molecule has 0 unspecified atom stereocenters. The van der Waals surface area contributed by atoms with Crippen LogP contribution in [0.25, 0.3) is 11.0 Å². The molecule has 1 atom stereocenters. The smallest absolute Gasteiger partial charge is 0.254 e. The maximum Gasteiger partial charge on any atom is 0.254 e. The Balaban J connectivity index is 1.67. The molecule has 0 radical (unpaired) electrons. The van der Waals surface area contributed by atoms with Crippen molar-refractivity contribution in [3.8, 4) is 0 Å². The van der Waals surface area contributed by atoms with Crippen molar-refractivity contribution in [1.82, 2.24) is 20.2 Å². The summed E-state index contributed by atoms with van der Waals surface area (Å²) in [7, 11) is 0. The number of carbonyl (C=O) groups excluding carboxylic acids is 1. The van der Waals surface area contributed by atoms with Crippen molar-refractivity contribution in [3.05, 3.63) is 65.5 Å². The molecule has 0 spiro atoms. The van der Waals surface area contributed by atoms with Crippen molar-refractivity contribution in [2.45, 2.75) is 13.0 Å². The van der Waals surface area contributed by atoms with Crippen molar-refractivity contribution < 1.29 is 4.79 Å². The molecule has 122 valence electrons. The maximum absolute atomic E-state index is 13.1. The van der Waals surface area contributed by atoms with E-state index in [1.54, 1.807) is 0 Å². The highest BCUT2D eigenvalue weighted by molar-refractivity contribution is 5.97. The molecule has 1 aliphatic rings. The van der Waals surface area contributed by atoms with Crippen molar-refractivity contribution in [1.29, 1.82) is 0 Å². The largest absolute Gasteiger partial charge is 0.342 e. The summed E-state index contributed by atoms with van der Waals surface area (Å²) in [6, 6.07) is 16.0. The van der Waals surface area contributed by atoms with Crippen LogP contribution in [0.5, 0.6) is 0 Å². The van der Waals surface area contributed by atoms with Crippen LogP contribution in [0.3, 0.4) is 0 Å². The van der Waals surface area contributed by atoms with E-state index in [-0.39, 0.29) is 11.9 Å². The van der Waals surface area contributed by atoms with E-state index in [9.17, 15) is 4.79 Å². The van der Waals surface area contributed by atoms with Gasteiger partial charge in [0, 0.05) is 25.2 Å². The van der Waals surface area contributed by atoms with Crippen LogP contribution in [-0.4, -0.2) is 40.4 Å². The molecule has 2 N–H and O–H groups in total. The minimum absolute atomic E-state index is 0.0617. The predicted octanol–water partition coefficient (Wildman–Crippen LogP) is 2.66. The molecule has 5 heteroatoms. The molecule has 1 aliphatic heterocycles. The summed E-state index contributed by atoms with van der Waals surface area (Å²) >= 11 is 0. The number of nitrogens with zero attached hydrogens (tertiary/aromatic N) is 2. The highest BCUT2D eigenvalue weighted by Crippen LogP contribution is 2.25. The van der Waals surface area contributed by atoms with Gasteiger partial charge in [-0.05, 0) is 30.7 Å². The molecule has 0 saturated carbocycles. The van der Waals surface area contributed by atoms with E-state index in [4.69, 9.17) is 0 Å². The van der Waals surface area contributed by atoms with Gasteiger partial charge >= 0.3 is 0 Å². The van der Waals surface area contributed by atoms with Gasteiger partial charge < -0.3 is 15.2 Å². The number of rotatable bonds is 2. The van der Waals surface area contributed by atoms with Crippen LogP contribution in [0.4, 0.5) is 0 Å². The monoisotopic (exact) mass is 320 g/mol. The standard InChI is InChI=1S/C19H20N4O/c1-13-21-16-8-7-15(11-17(16)22-13)19(24)23-10-9-20-12-18(23)14-5-3-2-4-6-14/h2-8,11,18,20H,9-10,12H2,1H3,(H,21,22)/t18-/m0/s1. The average Bonchev–Trinajstić information content (AvgIpc) is 3.01. The first-order valence-electron chi connectivity index (χ1n) is 8.25. The Labute approximate surface area is 140 Å². The first-order valence-corrected chi connectivity index (χ1v) is 8.25. The van der Waals surface area contributed by atoms with Gasteiger partial charge in [-0.1, -0.05) is 30.3 Å². The normalized spacial score (nSPS) is 18.0. The number of nitrogens with one attached hydrogen (secondary N) is 2. The fourth-order valence-electron chi connectivity index (χ4n) is 3.36. The lowest BCUT2D eigenvalue weighted by Gasteiger charge is -2.36. The van der Waals surface area contributed by atoms with E-state index >= 15 is 0 Å². The van der Waals surface area contributed by atoms with Gasteiger partial charge in [0.15, 0.2) is 0 Å². The Morgan fingerprint density at radius 1 is 1.21 bits per heavy atom. The highest BCUT2D eigenvalue weighted by atomic mass is 16.2.